The summed E-state index contributed by atoms with van der Waals surface area (Å²) in [7, 11) is 0. The molecule has 0 bridgehead atoms. The third-order valence-corrected chi connectivity index (χ3v) is 2.62. The number of nitrogens with two attached hydrogens (primary N) is 1. The second-order valence-corrected chi connectivity index (χ2v) is 4.12. The fourth-order valence-electron chi connectivity index (χ4n) is 1.40. The summed E-state index contributed by atoms with van der Waals surface area (Å²) < 4.78 is 0. The second kappa shape index (κ2) is 6.61. The van der Waals surface area contributed by atoms with E-state index in [4.69, 9.17) is 5.73 Å². The van der Waals surface area contributed by atoms with Crippen LogP contribution in [-0.2, 0) is 0 Å². The van der Waals surface area contributed by atoms with E-state index < -0.39 is 0 Å². The minimum absolute atomic E-state index is 0. The Morgan fingerprint density at radius 2 is 2.08 bits per heavy atom. The number of hydrogen-bond donors (Lipinski definition) is 1. The van der Waals surface area contributed by atoms with Crippen molar-refractivity contribution in [1.82, 2.24) is 0 Å². The Kier molecular flexibility index (Phi) is 6.67. The standard InChI is InChI=1S/C8H16N2S.ClH/c1-2-11-8(9)10-7-5-3-4-6-7;/h7H,2-6H2,1H3,(H2,9,10);1H. The molecule has 72 valence electrons. The van der Waals surface area contributed by atoms with Crippen LogP contribution in [0.25, 0.3) is 0 Å². The number of rotatable bonds is 2. The van der Waals surface area contributed by atoms with Crippen LogP contribution in [0.2, 0.25) is 0 Å². The van der Waals surface area contributed by atoms with Gasteiger partial charge in [-0.2, -0.15) is 0 Å². The highest BCUT2D eigenvalue weighted by atomic mass is 35.5. The summed E-state index contributed by atoms with van der Waals surface area (Å²) in [6.45, 7) is 2.10. The van der Waals surface area contributed by atoms with Gasteiger partial charge in [0.25, 0.3) is 0 Å². The Labute approximate surface area is 84.8 Å². The van der Waals surface area contributed by atoms with Crippen LogP contribution in [0.3, 0.4) is 0 Å². The van der Waals surface area contributed by atoms with Crippen LogP contribution >= 0.6 is 24.2 Å². The van der Waals surface area contributed by atoms with Crippen molar-refractivity contribution in [2.45, 2.75) is 38.6 Å². The average Bonchev–Trinajstić information content (AvgIpc) is 2.40. The molecule has 0 amide bonds. The first-order valence-electron chi connectivity index (χ1n) is 4.29. The number of aliphatic imine (C=N–C) groups is 1. The molecule has 1 fully saturated rings. The monoisotopic (exact) mass is 208 g/mol. The van der Waals surface area contributed by atoms with E-state index in [1.165, 1.54) is 25.7 Å². The lowest BCUT2D eigenvalue weighted by molar-refractivity contribution is 0.708. The average molecular weight is 209 g/mol. The Hall–Kier alpha value is 0.110. The number of amidine groups is 1. The maximum atomic E-state index is 5.68. The molecular weight excluding hydrogens is 192 g/mol. The lowest BCUT2D eigenvalue weighted by Gasteiger charge is -2.03. The highest BCUT2D eigenvalue weighted by Crippen LogP contribution is 2.21. The topological polar surface area (TPSA) is 38.4 Å². The Balaban J connectivity index is 0.00000121. The van der Waals surface area contributed by atoms with E-state index in [0.717, 1.165) is 10.9 Å². The van der Waals surface area contributed by atoms with Crippen LogP contribution in [0.1, 0.15) is 32.6 Å². The summed E-state index contributed by atoms with van der Waals surface area (Å²) in [6, 6.07) is 0.536. The molecule has 0 spiro atoms. The summed E-state index contributed by atoms with van der Waals surface area (Å²) >= 11 is 1.65. The molecule has 0 aromatic carbocycles. The van der Waals surface area contributed by atoms with Crippen LogP contribution in [0, 0.1) is 0 Å². The van der Waals surface area contributed by atoms with Crippen molar-refractivity contribution >= 4 is 29.3 Å². The molecule has 0 aliphatic heterocycles. The Bertz CT molecular complexity index is 144. The molecule has 1 rings (SSSR count). The smallest absolute Gasteiger partial charge is 0.154 e. The summed E-state index contributed by atoms with van der Waals surface area (Å²) in [5, 5.41) is 0.777. The van der Waals surface area contributed by atoms with E-state index in [9.17, 15) is 0 Å². The zero-order chi connectivity index (χ0) is 8.10. The van der Waals surface area contributed by atoms with Crippen LogP contribution in [0.4, 0.5) is 0 Å². The maximum absolute atomic E-state index is 5.68. The van der Waals surface area contributed by atoms with Gasteiger partial charge in [0.2, 0.25) is 0 Å². The predicted octanol–water partition coefficient (Wildman–Crippen LogP) is 2.42. The van der Waals surface area contributed by atoms with E-state index in [0.29, 0.717) is 6.04 Å². The van der Waals surface area contributed by atoms with Crippen molar-refractivity contribution < 1.29 is 0 Å². The van der Waals surface area contributed by atoms with Gasteiger partial charge < -0.3 is 5.73 Å². The fourth-order valence-corrected chi connectivity index (χ4v) is 1.92. The van der Waals surface area contributed by atoms with Gasteiger partial charge >= 0.3 is 0 Å². The van der Waals surface area contributed by atoms with Gasteiger partial charge in [-0.25, -0.2) is 0 Å². The Morgan fingerprint density at radius 1 is 1.50 bits per heavy atom. The predicted molar refractivity (Wildman–Crippen MR) is 59.3 cm³/mol. The van der Waals surface area contributed by atoms with Crippen LogP contribution in [0.5, 0.6) is 0 Å². The number of thioether (sulfide) groups is 1. The highest BCUT2D eigenvalue weighted by molar-refractivity contribution is 8.13. The maximum Gasteiger partial charge on any atom is 0.154 e. The van der Waals surface area contributed by atoms with Crippen molar-refractivity contribution in [3.8, 4) is 0 Å². The summed E-state index contributed by atoms with van der Waals surface area (Å²) in [6.07, 6.45) is 5.15. The second-order valence-electron chi connectivity index (χ2n) is 2.84. The van der Waals surface area contributed by atoms with Gasteiger partial charge in [-0.3, -0.25) is 4.99 Å². The van der Waals surface area contributed by atoms with Crippen molar-refractivity contribution in [2.75, 3.05) is 5.75 Å². The molecule has 0 aromatic rings. The van der Waals surface area contributed by atoms with Gasteiger partial charge in [0.05, 0.1) is 6.04 Å². The van der Waals surface area contributed by atoms with Gasteiger partial charge in [0.15, 0.2) is 5.17 Å². The van der Waals surface area contributed by atoms with Crippen LogP contribution in [0.15, 0.2) is 4.99 Å². The molecule has 1 aliphatic carbocycles. The minimum atomic E-state index is 0. The van der Waals surface area contributed by atoms with Crippen molar-refractivity contribution in [1.29, 1.82) is 0 Å². The molecule has 2 N–H and O–H groups in total. The minimum Gasteiger partial charge on any atom is -0.379 e. The summed E-state index contributed by atoms with van der Waals surface area (Å²) in [5.41, 5.74) is 5.68. The first kappa shape index (κ1) is 12.1. The SMILES string of the molecule is CCSC(N)=NC1CCCC1.Cl. The van der Waals surface area contributed by atoms with Gasteiger partial charge in [0.1, 0.15) is 0 Å². The molecule has 0 radical (unpaired) electrons. The van der Waals surface area contributed by atoms with Crippen molar-refractivity contribution in [2.24, 2.45) is 10.7 Å². The molecule has 0 atom stereocenters. The zero-order valence-corrected chi connectivity index (χ0v) is 9.09. The van der Waals surface area contributed by atoms with E-state index in [1.54, 1.807) is 11.8 Å². The van der Waals surface area contributed by atoms with Crippen molar-refractivity contribution in [3.05, 3.63) is 0 Å². The first-order valence-corrected chi connectivity index (χ1v) is 5.27. The number of halogens is 1. The van der Waals surface area contributed by atoms with E-state index in [1.807, 2.05) is 0 Å². The molecule has 2 nitrogen and oxygen atoms in total. The molecule has 0 saturated heterocycles. The first-order chi connectivity index (χ1) is 5.33. The van der Waals surface area contributed by atoms with Crippen LogP contribution in [-0.4, -0.2) is 17.0 Å². The molecular formula is C8H17ClN2S. The largest absolute Gasteiger partial charge is 0.379 e. The summed E-state index contributed by atoms with van der Waals surface area (Å²) in [5.74, 6) is 1.03. The summed E-state index contributed by atoms with van der Waals surface area (Å²) in [4.78, 5) is 4.42. The molecule has 4 heteroatoms. The zero-order valence-electron chi connectivity index (χ0n) is 7.45. The van der Waals surface area contributed by atoms with Crippen LogP contribution < -0.4 is 5.73 Å². The third-order valence-electron chi connectivity index (χ3n) is 1.93. The fraction of sp³-hybridized carbons (Fsp3) is 0.875. The normalized spacial score (nSPS) is 19.2. The molecule has 12 heavy (non-hydrogen) atoms. The number of nitrogens with zero attached hydrogens (tertiary/aromatic N) is 1. The molecule has 0 aromatic heterocycles. The number of hydrogen-bond acceptors (Lipinski definition) is 2. The van der Waals surface area contributed by atoms with Gasteiger partial charge in [-0.1, -0.05) is 31.5 Å². The quantitative estimate of drug-likeness (QED) is 0.559. The molecule has 1 aliphatic rings. The lowest BCUT2D eigenvalue weighted by Crippen LogP contribution is -2.11. The van der Waals surface area contributed by atoms with Gasteiger partial charge in [-0.05, 0) is 18.6 Å². The van der Waals surface area contributed by atoms with E-state index in [-0.39, 0.29) is 12.4 Å². The molecule has 0 unspecified atom stereocenters. The highest BCUT2D eigenvalue weighted by Gasteiger charge is 2.13. The molecule has 1 saturated carbocycles. The van der Waals surface area contributed by atoms with E-state index in [2.05, 4.69) is 11.9 Å². The van der Waals surface area contributed by atoms with Crippen molar-refractivity contribution in [3.63, 3.8) is 0 Å². The Morgan fingerprint density at radius 3 is 2.58 bits per heavy atom. The lowest BCUT2D eigenvalue weighted by atomic mass is 10.3. The van der Waals surface area contributed by atoms with Gasteiger partial charge in [-0.15, -0.1) is 12.4 Å². The van der Waals surface area contributed by atoms with Gasteiger partial charge in [0, 0.05) is 0 Å². The third kappa shape index (κ3) is 4.21. The van der Waals surface area contributed by atoms with E-state index >= 15 is 0 Å². The molecule has 0 heterocycles.